The Morgan fingerprint density at radius 2 is 2.06 bits per heavy atom. The smallest absolute Gasteiger partial charge is 0.239 e. The average molecular weight is 239 g/mol. The van der Waals surface area contributed by atoms with Gasteiger partial charge in [0.2, 0.25) is 5.91 Å². The molecule has 0 spiro atoms. The number of nitrogens with zero attached hydrogens (tertiary/aromatic N) is 1. The monoisotopic (exact) mass is 239 g/mol. The van der Waals surface area contributed by atoms with Gasteiger partial charge in [-0.25, -0.2) is 4.39 Å². The summed E-state index contributed by atoms with van der Waals surface area (Å²) in [5.41, 5.74) is 1.55. The molecule has 94 valence electrons. The lowest BCUT2D eigenvalue weighted by molar-refractivity contribution is -0.119. The highest BCUT2D eigenvalue weighted by molar-refractivity contribution is 5.80. The highest BCUT2D eigenvalue weighted by Crippen LogP contribution is 2.17. The Bertz CT molecular complexity index is 395. The topological polar surface area (TPSA) is 44.4 Å². The number of rotatable bonds is 5. The minimum absolute atomic E-state index is 0.105. The zero-order valence-electron chi connectivity index (χ0n) is 10.4. The van der Waals surface area contributed by atoms with Crippen molar-refractivity contribution in [2.24, 2.45) is 0 Å². The van der Waals surface area contributed by atoms with E-state index in [1.165, 1.54) is 12.1 Å². The Kier molecular flexibility index (Phi) is 4.90. The lowest BCUT2D eigenvalue weighted by atomic mass is 10.2. The third-order valence-corrected chi connectivity index (χ3v) is 2.42. The van der Waals surface area contributed by atoms with Crippen LogP contribution in [-0.4, -0.2) is 33.6 Å². The minimum atomic E-state index is -0.295. The Hall–Kier alpha value is -1.62. The zero-order chi connectivity index (χ0) is 12.8. The van der Waals surface area contributed by atoms with Crippen molar-refractivity contribution in [3.63, 3.8) is 0 Å². The van der Waals surface area contributed by atoms with Crippen LogP contribution in [-0.2, 0) is 11.3 Å². The first-order valence-corrected chi connectivity index (χ1v) is 5.42. The summed E-state index contributed by atoms with van der Waals surface area (Å²) in [5.74, 6) is -0.400. The number of carbonyl (C=O) groups is 1. The molecule has 0 radical (unpaired) electrons. The van der Waals surface area contributed by atoms with Crippen LogP contribution < -0.4 is 15.5 Å². The van der Waals surface area contributed by atoms with Gasteiger partial charge in [-0.15, -0.1) is 0 Å². The normalized spacial score (nSPS) is 10.1. The van der Waals surface area contributed by atoms with E-state index in [1.807, 2.05) is 6.07 Å². The molecule has 5 heteroatoms. The van der Waals surface area contributed by atoms with Gasteiger partial charge in [-0.3, -0.25) is 4.79 Å². The van der Waals surface area contributed by atoms with Crippen molar-refractivity contribution in [3.8, 4) is 0 Å². The maximum Gasteiger partial charge on any atom is 0.239 e. The van der Waals surface area contributed by atoms with E-state index < -0.39 is 0 Å². The van der Waals surface area contributed by atoms with Crippen LogP contribution in [0.3, 0.4) is 0 Å². The van der Waals surface area contributed by atoms with E-state index in [1.54, 1.807) is 26.0 Å². The summed E-state index contributed by atoms with van der Waals surface area (Å²) in [6, 6.07) is 4.76. The molecule has 0 bridgehead atoms. The van der Waals surface area contributed by atoms with Crippen LogP contribution in [0.2, 0.25) is 0 Å². The van der Waals surface area contributed by atoms with Crippen molar-refractivity contribution >= 4 is 11.6 Å². The van der Waals surface area contributed by atoms with Crippen LogP contribution in [0.25, 0.3) is 0 Å². The number of halogens is 1. The molecule has 1 aromatic carbocycles. The van der Waals surface area contributed by atoms with Gasteiger partial charge in [-0.05, 0) is 30.8 Å². The van der Waals surface area contributed by atoms with Crippen molar-refractivity contribution in [1.29, 1.82) is 0 Å². The van der Waals surface area contributed by atoms with Crippen LogP contribution >= 0.6 is 0 Å². The molecule has 0 aliphatic rings. The first-order valence-electron chi connectivity index (χ1n) is 5.42. The number of amides is 1. The van der Waals surface area contributed by atoms with Gasteiger partial charge in [0.15, 0.2) is 0 Å². The van der Waals surface area contributed by atoms with Gasteiger partial charge in [0.1, 0.15) is 5.82 Å². The van der Waals surface area contributed by atoms with E-state index in [0.29, 0.717) is 12.2 Å². The summed E-state index contributed by atoms with van der Waals surface area (Å²) < 4.78 is 13.4. The third-order valence-electron chi connectivity index (χ3n) is 2.42. The minimum Gasteiger partial charge on any atom is -0.365 e. The molecule has 0 aliphatic heterocycles. The molecule has 0 heterocycles. The highest BCUT2D eigenvalue weighted by Gasteiger charge is 2.08. The van der Waals surface area contributed by atoms with Crippen molar-refractivity contribution in [2.45, 2.75) is 6.54 Å². The quantitative estimate of drug-likeness (QED) is 0.796. The number of benzene rings is 1. The maximum absolute atomic E-state index is 13.4. The molecule has 0 aromatic heterocycles. The van der Waals surface area contributed by atoms with E-state index in [9.17, 15) is 9.18 Å². The van der Waals surface area contributed by atoms with E-state index in [4.69, 9.17) is 0 Å². The van der Waals surface area contributed by atoms with Crippen LogP contribution in [0.15, 0.2) is 18.2 Å². The lowest BCUT2D eigenvalue weighted by Crippen LogP contribution is -2.33. The Morgan fingerprint density at radius 1 is 1.35 bits per heavy atom. The fourth-order valence-corrected chi connectivity index (χ4v) is 1.55. The number of hydrogen-bond acceptors (Lipinski definition) is 3. The molecule has 0 unspecified atom stereocenters. The lowest BCUT2D eigenvalue weighted by Gasteiger charge is -2.19. The molecule has 1 rings (SSSR count). The molecule has 0 saturated carbocycles. The zero-order valence-corrected chi connectivity index (χ0v) is 10.4. The summed E-state index contributed by atoms with van der Waals surface area (Å²) in [4.78, 5) is 12.9. The van der Waals surface area contributed by atoms with Gasteiger partial charge in [0.05, 0.1) is 6.54 Å². The first-order chi connectivity index (χ1) is 8.06. The van der Waals surface area contributed by atoms with Crippen molar-refractivity contribution in [3.05, 3.63) is 29.6 Å². The van der Waals surface area contributed by atoms with E-state index in [2.05, 4.69) is 10.6 Å². The van der Waals surface area contributed by atoms with Crippen molar-refractivity contribution in [1.82, 2.24) is 10.6 Å². The predicted octanol–water partition coefficient (Wildman–Crippen LogP) is 0.727. The molecule has 0 fully saturated rings. The van der Waals surface area contributed by atoms with E-state index >= 15 is 0 Å². The van der Waals surface area contributed by atoms with E-state index in [0.717, 1.165) is 5.56 Å². The summed E-state index contributed by atoms with van der Waals surface area (Å²) in [6.45, 7) is 0.803. The molecule has 0 saturated heterocycles. The number of likely N-dealkylation sites (N-methyl/N-ethyl adjacent to an activating group) is 2. The van der Waals surface area contributed by atoms with Crippen LogP contribution in [0.4, 0.5) is 10.1 Å². The molecular formula is C12H18FN3O. The molecule has 0 atom stereocenters. The summed E-state index contributed by atoms with van der Waals surface area (Å²) in [5, 5.41) is 5.50. The molecule has 1 amide bonds. The SMILES string of the molecule is CNCc1cc(F)cc(N(C)CC(=O)NC)c1. The van der Waals surface area contributed by atoms with Crippen molar-refractivity contribution in [2.75, 3.05) is 32.6 Å². The van der Waals surface area contributed by atoms with Crippen LogP contribution in [0.5, 0.6) is 0 Å². The summed E-state index contributed by atoms with van der Waals surface area (Å²) in [6.07, 6.45) is 0. The average Bonchev–Trinajstić information content (AvgIpc) is 2.28. The number of hydrogen-bond donors (Lipinski definition) is 2. The Balaban J connectivity index is 2.85. The van der Waals surface area contributed by atoms with Gasteiger partial charge in [0.25, 0.3) is 0 Å². The van der Waals surface area contributed by atoms with E-state index in [-0.39, 0.29) is 18.3 Å². The van der Waals surface area contributed by atoms with Gasteiger partial charge in [-0.2, -0.15) is 0 Å². The largest absolute Gasteiger partial charge is 0.365 e. The van der Waals surface area contributed by atoms with Gasteiger partial charge < -0.3 is 15.5 Å². The standard InChI is InChI=1S/C12H18FN3O/c1-14-7-9-4-10(13)6-11(5-9)16(3)8-12(17)15-2/h4-6,14H,7-8H2,1-3H3,(H,15,17). The second kappa shape index (κ2) is 6.20. The second-order valence-corrected chi connectivity index (χ2v) is 3.88. The third kappa shape index (κ3) is 4.03. The fraction of sp³-hybridized carbons (Fsp3) is 0.417. The summed E-state index contributed by atoms with van der Waals surface area (Å²) >= 11 is 0. The maximum atomic E-state index is 13.4. The molecule has 0 aliphatic carbocycles. The second-order valence-electron chi connectivity index (χ2n) is 3.88. The van der Waals surface area contributed by atoms with Gasteiger partial charge >= 0.3 is 0 Å². The Morgan fingerprint density at radius 3 is 2.65 bits per heavy atom. The number of nitrogens with one attached hydrogen (secondary N) is 2. The van der Waals surface area contributed by atoms with Crippen LogP contribution in [0, 0.1) is 5.82 Å². The highest BCUT2D eigenvalue weighted by atomic mass is 19.1. The number of anilines is 1. The molecule has 1 aromatic rings. The molecule has 4 nitrogen and oxygen atoms in total. The molecule has 17 heavy (non-hydrogen) atoms. The Labute approximate surface area is 101 Å². The fourth-order valence-electron chi connectivity index (χ4n) is 1.55. The summed E-state index contributed by atoms with van der Waals surface area (Å²) in [7, 11) is 5.14. The van der Waals surface area contributed by atoms with Crippen LogP contribution in [0.1, 0.15) is 5.56 Å². The van der Waals surface area contributed by atoms with Crippen molar-refractivity contribution < 1.29 is 9.18 Å². The molecule has 2 N–H and O–H groups in total. The first kappa shape index (κ1) is 13.4. The van der Waals surface area contributed by atoms with Gasteiger partial charge in [0, 0.05) is 26.3 Å². The predicted molar refractivity (Wildman–Crippen MR) is 66.5 cm³/mol. The number of carbonyl (C=O) groups excluding carboxylic acids is 1. The van der Waals surface area contributed by atoms with Gasteiger partial charge in [-0.1, -0.05) is 0 Å². The molecular weight excluding hydrogens is 221 g/mol.